The molecular formula is C12H15NO4. The van der Waals surface area contributed by atoms with Gasteiger partial charge in [-0.1, -0.05) is 13.8 Å². The van der Waals surface area contributed by atoms with Gasteiger partial charge in [-0.15, -0.1) is 0 Å². The van der Waals surface area contributed by atoms with Crippen molar-refractivity contribution in [2.45, 2.75) is 13.8 Å². The lowest BCUT2D eigenvalue weighted by Gasteiger charge is -2.09. The first-order valence-corrected chi connectivity index (χ1v) is 5.44. The van der Waals surface area contributed by atoms with Gasteiger partial charge in [0.25, 0.3) is 0 Å². The highest BCUT2D eigenvalue weighted by molar-refractivity contribution is 5.96. The molecule has 1 aliphatic rings. The van der Waals surface area contributed by atoms with Gasteiger partial charge in [0, 0.05) is 12.1 Å². The molecule has 1 aromatic carbocycles. The summed E-state index contributed by atoms with van der Waals surface area (Å²) in [4.78, 5) is 11.8. The van der Waals surface area contributed by atoms with Gasteiger partial charge < -0.3 is 19.9 Å². The molecule has 5 nitrogen and oxygen atoms in total. The van der Waals surface area contributed by atoms with Gasteiger partial charge in [-0.05, 0) is 5.92 Å². The van der Waals surface area contributed by atoms with Gasteiger partial charge in [-0.2, -0.15) is 0 Å². The monoisotopic (exact) mass is 237 g/mol. The maximum absolute atomic E-state index is 11.8. The highest BCUT2D eigenvalue weighted by Crippen LogP contribution is 2.36. The average Bonchev–Trinajstić information content (AvgIpc) is 2.71. The topological polar surface area (TPSA) is 70.8 Å². The van der Waals surface area contributed by atoms with Gasteiger partial charge >= 0.3 is 5.97 Å². The van der Waals surface area contributed by atoms with Crippen molar-refractivity contribution in [1.29, 1.82) is 0 Å². The lowest BCUT2D eigenvalue weighted by Crippen LogP contribution is -2.12. The first-order chi connectivity index (χ1) is 8.08. The molecule has 0 spiro atoms. The largest absolute Gasteiger partial charge is 0.462 e. The summed E-state index contributed by atoms with van der Waals surface area (Å²) in [6.07, 6.45) is 0. The molecule has 1 aliphatic heterocycles. The van der Waals surface area contributed by atoms with Crippen molar-refractivity contribution in [2.75, 3.05) is 19.1 Å². The maximum Gasteiger partial charge on any atom is 0.340 e. The van der Waals surface area contributed by atoms with Crippen molar-refractivity contribution in [1.82, 2.24) is 0 Å². The lowest BCUT2D eigenvalue weighted by molar-refractivity contribution is 0.0460. The molecule has 0 saturated heterocycles. The van der Waals surface area contributed by atoms with Crippen molar-refractivity contribution in [3.8, 4) is 11.5 Å². The molecular weight excluding hydrogens is 222 g/mol. The molecule has 0 aromatic heterocycles. The number of anilines is 1. The van der Waals surface area contributed by atoms with Crippen molar-refractivity contribution < 1.29 is 19.0 Å². The number of hydrogen-bond donors (Lipinski definition) is 1. The number of hydrogen-bond acceptors (Lipinski definition) is 5. The van der Waals surface area contributed by atoms with Gasteiger partial charge in [-0.3, -0.25) is 0 Å². The van der Waals surface area contributed by atoms with Crippen LogP contribution in [0.2, 0.25) is 0 Å². The zero-order valence-electron chi connectivity index (χ0n) is 9.86. The average molecular weight is 237 g/mol. The molecule has 0 amide bonds. The van der Waals surface area contributed by atoms with E-state index in [4.69, 9.17) is 19.9 Å². The molecule has 0 fully saturated rings. The summed E-state index contributed by atoms with van der Waals surface area (Å²) in [5.74, 6) is 0.933. The van der Waals surface area contributed by atoms with Crippen LogP contribution < -0.4 is 15.2 Å². The van der Waals surface area contributed by atoms with E-state index in [1.54, 1.807) is 12.1 Å². The molecule has 0 aliphatic carbocycles. The van der Waals surface area contributed by atoms with Gasteiger partial charge in [0.2, 0.25) is 6.79 Å². The van der Waals surface area contributed by atoms with Crippen LogP contribution in [0.15, 0.2) is 12.1 Å². The van der Waals surface area contributed by atoms with Crippen LogP contribution in [0.4, 0.5) is 5.69 Å². The normalized spacial score (nSPS) is 12.9. The molecule has 0 radical (unpaired) electrons. The molecule has 0 atom stereocenters. The standard InChI is InChI=1S/C12H15NO4/c1-7(2)5-15-12(14)8-3-10-11(4-9(8)13)17-6-16-10/h3-4,7H,5-6,13H2,1-2H3. The number of carbonyl (C=O) groups excluding carboxylic acids is 1. The summed E-state index contributed by atoms with van der Waals surface area (Å²) < 4.78 is 15.5. The Hall–Kier alpha value is -1.91. The Morgan fingerprint density at radius 1 is 1.41 bits per heavy atom. The van der Waals surface area contributed by atoms with Crippen LogP contribution in [-0.4, -0.2) is 19.4 Å². The maximum atomic E-state index is 11.8. The Bertz CT molecular complexity index is 442. The fraction of sp³-hybridized carbons (Fsp3) is 0.417. The first-order valence-electron chi connectivity index (χ1n) is 5.44. The zero-order valence-corrected chi connectivity index (χ0v) is 9.86. The molecule has 2 rings (SSSR count). The Labute approximate surface area is 99.5 Å². The predicted octanol–water partition coefficient (Wildman–Crippen LogP) is 1.81. The minimum Gasteiger partial charge on any atom is -0.462 e. The van der Waals surface area contributed by atoms with Gasteiger partial charge in [-0.25, -0.2) is 4.79 Å². The Balaban J connectivity index is 2.18. The number of rotatable bonds is 3. The molecule has 17 heavy (non-hydrogen) atoms. The SMILES string of the molecule is CC(C)COC(=O)c1cc2c(cc1N)OCO2. The van der Waals surface area contributed by atoms with E-state index in [0.717, 1.165) is 0 Å². The lowest BCUT2D eigenvalue weighted by atomic mass is 10.1. The van der Waals surface area contributed by atoms with Crippen LogP contribution in [0.3, 0.4) is 0 Å². The number of ether oxygens (including phenoxy) is 3. The molecule has 92 valence electrons. The summed E-state index contributed by atoms with van der Waals surface area (Å²) in [5, 5.41) is 0. The minimum atomic E-state index is -0.436. The third-order valence-electron chi connectivity index (χ3n) is 2.31. The van der Waals surface area contributed by atoms with Crippen molar-refractivity contribution in [3.63, 3.8) is 0 Å². The molecule has 0 bridgehead atoms. The van der Waals surface area contributed by atoms with E-state index in [1.165, 1.54) is 0 Å². The molecule has 1 aromatic rings. The van der Waals surface area contributed by atoms with E-state index in [1.807, 2.05) is 13.8 Å². The highest BCUT2D eigenvalue weighted by Gasteiger charge is 2.20. The number of carbonyl (C=O) groups is 1. The second kappa shape index (κ2) is 4.53. The number of nitrogen functional groups attached to an aromatic ring is 1. The molecule has 5 heteroatoms. The minimum absolute atomic E-state index is 0.152. The second-order valence-electron chi connectivity index (χ2n) is 4.29. The smallest absolute Gasteiger partial charge is 0.340 e. The van der Waals surface area contributed by atoms with Crippen molar-refractivity contribution in [3.05, 3.63) is 17.7 Å². The highest BCUT2D eigenvalue weighted by atomic mass is 16.7. The molecule has 0 saturated carbocycles. The fourth-order valence-corrected chi connectivity index (χ4v) is 1.45. The summed E-state index contributed by atoms with van der Waals surface area (Å²) >= 11 is 0. The van der Waals surface area contributed by atoms with Crippen molar-refractivity contribution >= 4 is 11.7 Å². The van der Waals surface area contributed by atoms with E-state index >= 15 is 0 Å². The third-order valence-corrected chi connectivity index (χ3v) is 2.31. The van der Waals surface area contributed by atoms with Crippen LogP contribution in [0, 0.1) is 5.92 Å². The quantitative estimate of drug-likeness (QED) is 0.641. The number of fused-ring (bicyclic) bond motifs is 1. The van der Waals surface area contributed by atoms with E-state index in [0.29, 0.717) is 29.4 Å². The van der Waals surface area contributed by atoms with Crippen LogP contribution in [0.25, 0.3) is 0 Å². The van der Waals surface area contributed by atoms with Gasteiger partial charge in [0.15, 0.2) is 11.5 Å². The predicted molar refractivity (Wildman–Crippen MR) is 62.1 cm³/mol. The summed E-state index contributed by atoms with van der Waals surface area (Å²) in [6.45, 7) is 4.46. The third kappa shape index (κ3) is 2.43. The summed E-state index contributed by atoms with van der Waals surface area (Å²) in [7, 11) is 0. The van der Waals surface area contributed by atoms with E-state index in [9.17, 15) is 4.79 Å². The Morgan fingerprint density at radius 3 is 2.71 bits per heavy atom. The molecule has 1 heterocycles. The second-order valence-corrected chi connectivity index (χ2v) is 4.29. The number of esters is 1. The number of benzene rings is 1. The van der Waals surface area contributed by atoms with E-state index in [2.05, 4.69) is 0 Å². The van der Waals surface area contributed by atoms with Gasteiger partial charge in [0.1, 0.15) is 0 Å². The first kappa shape index (κ1) is 11.6. The molecule has 2 N–H and O–H groups in total. The van der Waals surface area contributed by atoms with E-state index in [-0.39, 0.29) is 12.7 Å². The Kier molecular flexibility index (Phi) is 3.08. The van der Waals surface area contributed by atoms with Crippen LogP contribution in [0.5, 0.6) is 11.5 Å². The molecule has 0 unspecified atom stereocenters. The van der Waals surface area contributed by atoms with E-state index < -0.39 is 5.97 Å². The summed E-state index contributed by atoms with van der Waals surface area (Å²) in [6, 6.07) is 3.13. The zero-order chi connectivity index (χ0) is 12.4. The van der Waals surface area contributed by atoms with Crippen LogP contribution >= 0.6 is 0 Å². The van der Waals surface area contributed by atoms with Gasteiger partial charge in [0.05, 0.1) is 17.9 Å². The number of nitrogens with two attached hydrogens (primary N) is 1. The Morgan fingerprint density at radius 2 is 2.06 bits per heavy atom. The summed E-state index contributed by atoms with van der Waals surface area (Å²) in [5.41, 5.74) is 6.42. The van der Waals surface area contributed by atoms with Crippen LogP contribution in [-0.2, 0) is 4.74 Å². The fourth-order valence-electron chi connectivity index (χ4n) is 1.45. The van der Waals surface area contributed by atoms with Crippen LogP contribution in [0.1, 0.15) is 24.2 Å². The van der Waals surface area contributed by atoms with Crippen molar-refractivity contribution in [2.24, 2.45) is 5.92 Å².